The summed E-state index contributed by atoms with van der Waals surface area (Å²) in [5.41, 5.74) is 0. The topological polar surface area (TPSA) is 29.5 Å². The second-order valence-electron chi connectivity index (χ2n) is 6.58. The van der Waals surface area contributed by atoms with Crippen LogP contribution in [0.15, 0.2) is 12.2 Å². The van der Waals surface area contributed by atoms with Gasteiger partial charge in [-0.05, 0) is 64.2 Å². The summed E-state index contributed by atoms with van der Waals surface area (Å²) in [5, 5.41) is 9.79. The fourth-order valence-electron chi connectivity index (χ4n) is 2.79. The fourth-order valence-corrected chi connectivity index (χ4v) is 2.79. The van der Waals surface area contributed by atoms with Crippen molar-refractivity contribution in [3.63, 3.8) is 0 Å². The number of rotatable bonds is 8. The second kappa shape index (κ2) is 8.76. The average molecular weight is 268 g/mol. The molecule has 19 heavy (non-hydrogen) atoms. The highest BCUT2D eigenvalue weighted by molar-refractivity contribution is 4.90. The highest BCUT2D eigenvalue weighted by Crippen LogP contribution is 2.25. The van der Waals surface area contributed by atoms with Crippen molar-refractivity contribution >= 4 is 0 Å². The van der Waals surface area contributed by atoms with E-state index in [2.05, 4.69) is 32.9 Å². The van der Waals surface area contributed by atoms with Crippen molar-refractivity contribution in [1.29, 1.82) is 0 Å². The van der Waals surface area contributed by atoms with Gasteiger partial charge in [0, 0.05) is 0 Å². The normalized spacial score (nSPS) is 24.4. The molecule has 4 atom stereocenters. The molecular formula is C17H32O2. The first kappa shape index (κ1) is 16.7. The molecule has 0 aromatic carbocycles. The number of aliphatic hydroxyl groups excluding tert-OH is 1. The van der Waals surface area contributed by atoms with Crippen LogP contribution in [0.3, 0.4) is 0 Å². The second-order valence-corrected chi connectivity index (χ2v) is 6.58. The van der Waals surface area contributed by atoms with Gasteiger partial charge in [-0.3, -0.25) is 0 Å². The van der Waals surface area contributed by atoms with Crippen molar-refractivity contribution in [3.05, 3.63) is 12.2 Å². The molecule has 1 aliphatic carbocycles. The third kappa shape index (κ3) is 7.12. The summed E-state index contributed by atoms with van der Waals surface area (Å²) < 4.78 is 6.05. The molecule has 0 saturated carbocycles. The number of hydrogen-bond donors (Lipinski definition) is 1. The first-order chi connectivity index (χ1) is 8.99. The Labute approximate surface area is 119 Å². The summed E-state index contributed by atoms with van der Waals surface area (Å²) >= 11 is 0. The van der Waals surface area contributed by atoms with E-state index in [0.717, 1.165) is 18.8 Å². The van der Waals surface area contributed by atoms with Gasteiger partial charge in [0.25, 0.3) is 0 Å². The molecule has 2 heteroatoms. The zero-order valence-electron chi connectivity index (χ0n) is 13.1. The lowest BCUT2D eigenvalue weighted by molar-refractivity contribution is -0.0766. The quantitative estimate of drug-likeness (QED) is 0.664. The third-order valence-electron chi connectivity index (χ3n) is 4.01. The fraction of sp³-hybridized carbons (Fsp3) is 0.882. The summed E-state index contributed by atoms with van der Waals surface area (Å²) in [6.07, 6.45) is 11.6. The summed E-state index contributed by atoms with van der Waals surface area (Å²) in [5.74, 6) is 1.40. The van der Waals surface area contributed by atoms with E-state index in [0.29, 0.717) is 5.92 Å². The van der Waals surface area contributed by atoms with Crippen molar-refractivity contribution in [2.45, 2.75) is 84.5 Å². The maximum absolute atomic E-state index is 9.79. The van der Waals surface area contributed by atoms with Crippen molar-refractivity contribution in [3.8, 4) is 0 Å². The van der Waals surface area contributed by atoms with E-state index in [1.165, 1.54) is 25.7 Å². The summed E-state index contributed by atoms with van der Waals surface area (Å²) in [6, 6.07) is 0. The van der Waals surface area contributed by atoms with Gasteiger partial charge in [-0.25, -0.2) is 0 Å². The van der Waals surface area contributed by atoms with E-state index >= 15 is 0 Å². The Balaban J connectivity index is 2.27. The van der Waals surface area contributed by atoms with Crippen LogP contribution in [0.1, 0.15) is 66.2 Å². The van der Waals surface area contributed by atoms with Crippen molar-refractivity contribution in [1.82, 2.24) is 0 Å². The third-order valence-corrected chi connectivity index (χ3v) is 4.01. The number of ether oxygens (including phenoxy) is 1. The molecule has 0 aliphatic heterocycles. The van der Waals surface area contributed by atoms with Crippen LogP contribution >= 0.6 is 0 Å². The van der Waals surface area contributed by atoms with Crippen LogP contribution in [0.2, 0.25) is 0 Å². The Bertz CT molecular complexity index is 258. The van der Waals surface area contributed by atoms with Crippen LogP contribution in [0, 0.1) is 11.8 Å². The van der Waals surface area contributed by atoms with Crippen LogP contribution < -0.4 is 0 Å². The SMILES string of the molecule is CC(C)CC(OC(C)CCC1CC=CCC1)C(C)O. The number of hydrogen-bond acceptors (Lipinski definition) is 2. The monoisotopic (exact) mass is 268 g/mol. The Morgan fingerprint density at radius 3 is 2.47 bits per heavy atom. The molecule has 1 N–H and O–H groups in total. The predicted molar refractivity (Wildman–Crippen MR) is 81.2 cm³/mol. The van der Waals surface area contributed by atoms with Crippen molar-refractivity contribution in [2.75, 3.05) is 0 Å². The molecule has 1 rings (SSSR count). The molecule has 0 aromatic rings. The predicted octanol–water partition coefficient (Wildman–Crippen LogP) is 4.32. The Morgan fingerprint density at radius 1 is 1.21 bits per heavy atom. The highest BCUT2D eigenvalue weighted by atomic mass is 16.5. The first-order valence-corrected chi connectivity index (χ1v) is 7.97. The molecule has 4 unspecified atom stereocenters. The molecule has 0 radical (unpaired) electrons. The first-order valence-electron chi connectivity index (χ1n) is 7.97. The minimum Gasteiger partial charge on any atom is -0.391 e. The van der Waals surface area contributed by atoms with E-state index in [1.54, 1.807) is 0 Å². The van der Waals surface area contributed by atoms with Gasteiger partial charge in [0.15, 0.2) is 0 Å². The molecule has 0 amide bonds. The smallest absolute Gasteiger partial charge is 0.0837 e. The zero-order chi connectivity index (χ0) is 14.3. The van der Waals surface area contributed by atoms with Crippen LogP contribution in [0.25, 0.3) is 0 Å². The molecule has 0 heterocycles. The van der Waals surface area contributed by atoms with Gasteiger partial charge in [0.2, 0.25) is 0 Å². The standard InChI is InChI=1S/C17H32O2/c1-13(2)12-17(15(4)18)19-14(3)10-11-16-8-6-5-7-9-16/h5-6,13-18H,7-12H2,1-4H3. The number of aliphatic hydroxyl groups is 1. The molecule has 0 fully saturated rings. The van der Waals surface area contributed by atoms with Gasteiger partial charge in [0.05, 0.1) is 18.3 Å². The Morgan fingerprint density at radius 2 is 1.95 bits per heavy atom. The largest absolute Gasteiger partial charge is 0.391 e. The molecule has 0 saturated heterocycles. The minimum absolute atomic E-state index is 0.0127. The van der Waals surface area contributed by atoms with Crippen LogP contribution in [0.4, 0.5) is 0 Å². The molecule has 1 aliphatic rings. The molecule has 2 nitrogen and oxygen atoms in total. The van der Waals surface area contributed by atoms with E-state index < -0.39 is 0 Å². The molecule has 0 bridgehead atoms. The maximum Gasteiger partial charge on any atom is 0.0837 e. The lowest BCUT2D eigenvalue weighted by atomic mass is 9.89. The van der Waals surface area contributed by atoms with Gasteiger partial charge in [-0.1, -0.05) is 26.0 Å². The van der Waals surface area contributed by atoms with Gasteiger partial charge in [0.1, 0.15) is 0 Å². The molecule has 0 aromatic heterocycles. The summed E-state index contributed by atoms with van der Waals surface area (Å²) in [7, 11) is 0. The van der Waals surface area contributed by atoms with Crippen LogP contribution in [-0.2, 0) is 4.74 Å². The highest BCUT2D eigenvalue weighted by Gasteiger charge is 2.20. The van der Waals surface area contributed by atoms with Gasteiger partial charge in [-0.15, -0.1) is 0 Å². The zero-order valence-corrected chi connectivity index (χ0v) is 13.1. The molecule has 112 valence electrons. The molecule has 0 spiro atoms. The van der Waals surface area contributed by atoms with E-state index in [4.69, 9.17) is 4.74 Å². The lowest BCUT2D eigenvalue weighted by Gasteiger charge is -2.27. The van der Waals surface area contributed by atoms with Crippen LogP contribution in [0.5, 0.6) is 0 Å². The van der Waals surface area contributed by atoms with Gasteiger partial charge < -0.3 is 9.84 Å². The van der Waals surface area contributed by atoms with Crippen molar-refractivity contribution < 1.29 is 9.84 Å². The van der Waals surface area contributed by atoms with Crippen LogP contribution in [-0.4, -0.2) is 23.4 Å². The lowest BCUT2D eigenvalue weighted by Crippen LogP contribution is -2.31. The molecular weight excluding hydrogens is 236 g/mol. The van der Waals surface area contributed by atoms with Gasteiger partial charge >= 0.3 is 0 Å². The van der Waals surface area contributed by atoms with E-state index in [-0.39, 0.29) is 18.3 Å². The maximum atomic E-state index is 9.79. The number of allylic oxidation sites excluding steroid dienone is 2. The van der Waals surface area contributed by atoms with Crippen molar-refractivity contribution in [2.24, 2.45) is 11.8 Å². The average Bonchev–Trinajstić information content (AvgIpc) is 2.36. The minimum atomic E-state index is -0.373. The van der Waals surface area contributed by atoms with E-state index in [1.807, 2.05) is 6.92 Å². The Kier molecular flexibility index (Phi) is 7.70. The Hall–Kier alpha value is -0.340. The summed E-state index contributed by atoms with van der Waals surface area (Å²) in [6.45, 7) is 8.34. The summed E-state index contributed by atoms with van der Waals surface area (Å²) in [4.78, 5) is 0. The van der Waals surface area contributed by atoms with E-state index in [9.17, 15) is 5.11 Å². The van der Waals surface area contributed by atoms with Gasteiger partial charge in [-0.2, -0.15) is 0 Å².